The van der Waals surface area contributed by atoms with Crippen molar-refractivity contribution in [1.82, 2.24) is 14.9 Å². The zero-order valence-electron chi connectivity index (χ0n) is 9.87. The van der Waals surface area contributed by atoms with Gasteiger partial charge in [0.15, 0.2) is 0 Å². The molecule has 5 nitrogen and oxygen atoms in total. The molecule has 0 aliphatic heterocycles. The van der Waals surface area contributed by atoms with Gasteiger partial charge >= 0.3 is 5.97 Å². The van der Waals surface area contributed by atoms with Crippen LogP contribution in [0.1, 0.15) is 17.3 Å². The first-order valence-corrected chi connectivity index (χ1v) is 6.27. The summed E-state index contributed by atoms with van der Waals surface area (Å²) in [6.45, 7) is 0.477. The third-order valence-corrected chi connectivity index (χ3v) is 3.02. The molecule has 18 heavy (non-hydrogen) atoms. The third kappa shape index (κ3) is 3.12. The molecule has 94 valence electrons. The van der Waals surface area contributed by atoms with Gasteiger partial charge in [-0.2, -0.15) is 0 Å². The summed E-state index contributed by atoms with van der Waals surface area (Å²) in [5, 5.41) is 8.88. The van der Waals surface area contributed by atoms with Crippen molar-refractivity contribution in [1.29, 1.82) is 0 Å². The Labute approximate surface area is 109 Å². The molecule has 1 heterocycles. The van der Waals surface area contributed by atoms with Gasteiger partial charge in [-0.3, -0.25) is 5.32 Å². The van der Waals surface area contributed by atoms with E-state index in [4.69, 9.17) is 4.74 Å². The molecule has 2 rings (SSSR count). The monoisotopic (exact) mass is 263 g/mol. The summed E-state index contributed by atoms with van der Waals surface area (Å²) >= 11 is 1.28. The maximum absolute atomic E-state index is 11.8. The second-order valence-corrected chi connectivity index (χ2v) is 4.25. The minimum atomic E-state index is -0.488. The first kappa shape index (κ1) is 12.7. The summed E-state index contributed by atoms with van der Waals surface area (Å²) in [6, 6.07) is 8.96. The van der Waals surface area contributed by atoms with Crippen LogP contribution in [0.15, 0.2) is 35.7 Å². The number of benzene rings is 1. The summed E-state index contributed by atoms with van der Waals surface area (Å²) in [7, 11) is 1.38. The Balaban J connectivity index is 2.09. The number of carbonyl (C=O) groups is 1. The predicted octanol–water partition coefficient (Wildman–Crippen LogP) is 1.54. The van der Waals surface area contributed by atoms with Crippen LogP contribution in [0.3, 0.4) is 0 Å². The van der Waals surface area contributed by atoms with Crippen molar-refractivity contribution in [2.24, 2.45) is 0 Å². The smallest absolute Gasteiger partial charge is 0.327 e. The summed E-state index contributed by atoms with van der Waals surface area (Å²) in [6.07, 6.45) is 0. The summed E-state index contributed by atoms with van der Waals surface area (Å²) < 4.78 is 8.58. The Bertz CT molecular complexity index is 487. The van der Waals surface area contributed by atoms with Crippen molar-refractivity contribution in [3.8, 4) is 0 Å². The first-order chi connectivity index (χ1) is 8.81. The number of nitrogens with zero attached hydrogens (tertiary/aromatic N) is 2. The van der Waals surface area contributed by atoms with Gasteiger partial charge < -0.3 is 4.74 Å². The average molecular weight is 263 g/mol. The maximum Gasteiger partial charge on any atom is 0.327 e. The zero-order chi connectivity index (χ0) is 12.8. The van der Waals surface area contributed by atoms with Crippen LogP contribution in [0.4, 0.5) is 0 Å². The van der Waals surface area contributed by atoms with Crippen LogP contribution in [-0.4, -0.2) is 22.7 Å². The number of ether oxygens (including phenoxy) is 1. The number of methoxy groups -OCH3 is 1. The summed E-state index contributed by atoms with van der Waals surface area (Å²) in [5.41, 5.74) is 1.68. The SMILES string of the molecule is COC(=O)C(NCc1csnn1)c1ccccc1. The first-order valence-electron chi connectivity index (χ1n) is 5.43. The van der Waals surface area contributed by atoms with E-state index in [9.17, 15) is 4.79 Å². The molecule has 0 fully saturated rings. The fourth-order valence-electron chi connectivity index (χ4n) is 1.57. The number of hydrogen-bond acceptors (Lipinski definition) is 6. The van der Waals surface area contributed by atoms with E-state index in [-0.39, 0.29) is 5.97 Å². The molecular weight excluding hydrogens is 250 g/mol. The molecule has 0 aliphatic carbocycles. The average Bonchev–Trinajstić information content (AvgIpc) is 2.93. The van der Waals surface area contributed by atoms with Crippen LogP contribution in [-0.2, 0) is 16.1 Å². The highest BCUT2D eigenvalue weighted by Gasteiger charge is 2.20. The lowest BCUT2D eigenvalue weighted by molar-refractivity contribution is -0.143. The van der Waals surface area contributed by atoms with Crippen LogP contribution < -0.4 is 5.32 Å². The molecule has 0 saturated heterocycles. The highest BCUT2D eigenvalue weighted by molar-refractivity contribution is 7.03. The molecule has 0 aliphatic rings. The number of rotatable bonds is 5. The van der Waals surface area contributed by atoms with Gasteiger partial charge in [0.25, 0.3) is 0 Å². The molecule has 1 unspecified atom stereocenters. The lowest BCUT2D eigenvalue weighted by Gasteiger charge is -2.15. The van der Waals surface area contributed by atoms with E-state index in [2.05, 4.69) is 14.9 Å². The lowest BCUT2D eigenvalue weighted by Crippen LogP contribution is -2.29. The molecule has 0 amide bonds. The van der Waals surface area contributed by atoms with Gasteiger partial charge in [-0.15, -0.1) is 5.10 Å². The molecule has 0 radical (unpaired) electrons. The molecule has 1 atom stereocenters. The van der Waals surface area contributed by atoms with Gasteiger partial charge in [0, 0.05) is 11.9 Å². The number of nitrogens with one attached hydrogen (secondary N) is 1. The Morgan fingerprint density at radius 2 is 2.22 bits per heavy atom. The van der Waals surface area contributed by atoms with E-state index in [1.165, 1.54) is 18.6 Å². The molecule has 0 bridgehead atoms. The van der Waals surface area contributed by atoms with E-state index in [0.717, 1.165) is 11.3 Å². The molecule has 0 spiro atoms. The molecule has 6 heteroatoms. The van der Waals surface area contributed by atoms with Crippen LogP contribution in [0.25, 0.3) is 0 Å². The Hall–Kier alpha value is -1.79. The van der Waals surface area contributed by atoms with Crippen LogP contribution >= 0.6 is 11.5 Å². The standard InChI is InChI=1S/C12H13N3O2S/c1-17-12(16)11(9-5-3-2-4-6-9)13-7-10-8-18-15-14-10/h2-6,8,11,13H,7H2,1H3. The van der Waals surface area contributed by atoms with Gasteiger partial charge in [0.1, 0.15) is 6.04 Å². The quantitative estimate of drug-likeness (QED) is 0.829. The molecule has 1 aromatic carbocycles. The van der Waals surface area contributed by atoms with E-state index in [0.29, 0.717) is 6.54 Å². The van der Waals surface area contributed by atoms with Crippen molar-refractivity contribution in [2.75, 3.05) is 7.11 Å². The fourth-order valence-corrected chi connectivity index (χ4v) is 2.02. The molecule has 1 aromatic heterocycles. The second kappa shape index (κ2) is 6.23. The van der Waals surface area contributed by atoms with Crippen molar-refractivity contribution in [3.05, 3.63) is 47.0 Å². The Morgan fingerprint density at radius 1 is 1.44 bits per heavy atom. The van der Waals surface area contributed by atoms with Gasteiger partial charge in [-0.1, -0.05) is 34.8 Å². The van der Waals surface area contributed by atoms with Crippen molar-refractivity contribution in [2.45, 2.75) is 12.6 Å². The Morgan fingerprint density at radius 3 is 2.83 bits per heavy atom. The predicted molar refractivity (Wildman–Crippen MR) is 67.9 cm³/mol. The van der Waals surface area contributed by atoms with Gasteiger partial charge in [0.05, 0.1) is 12.8 Å². The molecular formula is C12H13N3O2S. The van der Waals surface area contributed by atoms with Crippen LogP contribution in [0.5, 0.6) is 0 Å². The van der Waals surface area contributed by atoms with E-state index >= 15 is 0 Å². The maximum atomic E-state index is 11.8. The number of carbonyl (C=O) groups excluding carboxylic acids is 1. The highest BCUT2D eigenvalue weighted by Crippen LogP contribution is 2.14. The fraction of sp³-hybridized carbons (Fsp3) is 0.250. The second-order valence-electron chi connectivity index (χ2n) is 3.64. The minimum Gasteiger partial charge on any atom is -0.468 e. The van der Waals surface area contributed by atoms with E-state index < -0.39 is 6.04 Å². The summed E-state index contributed by atoms with van der Waals surface area (Å²) in [5.74, 6) is -0.315. The molecule has 0 saturated carbocycles. The Kier molecular flexibility index (Phi) is 4.38. The van der Waals surface area contributed by atoms with Crippen LogP contribution in [0, 0.1) is 0 Å². The summed E-state index contributed by atoms with van der Waals surface area (Å²) in [4.78, 5) is 11.8. The van der Waals surface area contributed by atoms with E-state index in [1.807, 2.05) is 35.7 Å². The zero-order valence-corrected chi connectivity index (χ0v) is 10.7. The number of hydrogen-bond donors (Lipinski definition) is 1. The highest BCUT2D eigenvalue weighted by atomic mass is 32.1. The third-order valence-electron chi connectivity index (χ3n) is 2.46. The minimum absolute atomic E-state index is 0.315. The van der Waals surface area contributed by atoms with Gasteiger partial charge in [-0.25, -0.2) is 4.79 Å². The normalized spacial score (nSPS) is 12.1. The van der Waals surface area contributed by atoms with Gasteiger partial charge in [0.2, 0.25) is 0 Å². The van der Waals surface area contributed by atoms with E-state index in [1.54, 1.807) is 0 Å². The number of esters is 1. The molecule has 2 aromatic rings. The van der Waals surface area contributed by atoms with Crippen LogP contribution in [0.2, 0.25) is 0 Å². The number of aromatic nitrogens is 2. The van der Waals surface area contributed by atoms with Crippen molar-refractivity contribution in [3.63, 3.8) is 0 Å². The topological polar surface area (TPSA) is 64.1 Å². The van der Waals surface area contributed by atoms with Gasteiger partial charge in [-0.05, 0) is 17.1 Å². The lowest BCUT2D eigenvalue weighted by atomic mass is 10.1. The van der Waals surface area contributed by atoms with Crippen molar-refractivity contribution >= 4 is 17.5 Å². The van der Waals surface area contributed by atoms with Crippen molar-refractivity contribution < 1.29 is 9.53 Å². The molecule has 1 N–H and O–H groups in total. The largest absolute Gasteiger partial charge is 0.468 e.